The maximum Gasteiger partial charge on any atom is 0.227 e. The maximum absolute atomic E-state index is 12.6. The van der Waals surface area contributed by atoms with Gasteiger partial charge in [-0.15, -0.1) is 0 Å². The first-order chi connectivity index (χ1) is 13.1. The molecule has 0 atom stereocenters. The molecule has 1 aliphatic heterocycles. The highest BCUT2D eigenvalue weighted by Crippen LogP contribution is 2.11. The van der Waals surface area contributed by atoms with Crippen molar-refractivity contribution in [2.24, 2.45) is 0 Å². The van der Waals surface area contributed by atoms with E-state index >= 15 is 0 Å². The lowest BCUT2D eigenvalue weighted by molar-refractivity contribution is -0.133. The lowest BCUT2D eigenvalue weighted by Gasteiger charge is -2.22. The normalized spacial score (nSPS) is 14.7. The molecule has 1 saturated heterocycles. The van der Waals surface area contributed by atoms with Gasteiger partial charge in [0, 0.05) is 32.6 Å². The van der Waals surface area contributed by atoms with Crippen molar-refractivity contribution in [1.29, 1.82) is 0 Å². The minimum Gasteiger partial charge on any atom is -0.341 e. The van der Waals surface area contributed by atoms with Crippen molar-refractivity contribution in [1.82, 2.24) is 9.80 Å². The molecule has 3 rings (SSSR count). The van der Waals surface area contributed by atoms with Crippen LogP contribution in [0.1, 0.15) is 29.5 Å². The summed E-state index contributed by atoms with van der Waals surface area (Å²) in [4.78, 5) is 29.0. The molecular weight excluding hydrogens is 336 g/mol. The number of hydrogen-bond donors (Lipinski definition) is 0. The third kappa shape index (κ3) is 5.68. The highest BCUT2D eigenvalue weighted by Gasteiger charge is 2.21. The van der Waals surface area contributed by atoms with Gasteiger partial charge in [-0.05, 0) is 30.9 Å². The molecule has 4 nitrogen and oxygen atoms in total. The van der Waals surface area contributed by atoms with Gasteiger partial charge in [0.15, 0.2) is 0 Å². The van der Waals surface area contributed by atoms with Crippen molar-refractivity contribution in [3.05, 3.63) is 71.3 Å². The van der Waals surface area contributed by atoms with Crippen molar-refractivity contribution < 1.29 is 9.59 Å². The smallest absolute Gasteiger partial charge is 0.227 e. The van der Waals surface area contributed by atoms with Crippen LogP contribution < -0.4 is 0 Å². The molecule has 142 valence electrons. The minimum atomic E-state index is 0.150. The zero-order valence-corrected chi connectivity index (χ0v) is 16.1. The van der Waals surface area contributed by atoms with Gasteiger partial charge in [0.2, 0.25) is 11.8 Å². The Labute approximate surface area is 161 Å². The van der Waals surface area contributed by atoms with Crippen LogP contribution >= 0.6 is 0 Å². The first-order valence-corrected chi connectivity index (χ1v) is 9.77. The molecule has 27 heavy (non-hydrogen) atoms. The van der Waals surface area contributed by atoms with Crippen LogP contribution in [0.25, 0.3) is 0 Å². The standard InChI is InChI=1S/C23H28N2O2/c1-19-8-10-21(11-9-19)18-23(27)25-15-5-14-24(16-17-25)22(26)13-12-20-6-3-2-4-7-20/h2-4,6-11H,5,12-18H2,1H3. The molecule has 0 saturated carbocycles. The summed E-state index contributed by atoms with van der Waals surface area (Å²) >= 11 is 0. The first kappa shape index (κ1) is 19.2. The Morgan fingerprint density at radius 3 is 2.07 bits per heavy atom. The van der Waals surface area contributed by atoms with E-state index in [0.29, 0.717) is 25.9 Å². The first-order valence-electron chi connectivity index (χ1n) is 9.77. The van der Waals surface area contributed by atoms with E-state index in [0.717, 1.165) is 31.5 Å². The van der Waals surface area contributed by atoms with E-state index in [1.165, 1.54) is 11.1 Å². The van der Waals surface area contributed by atoms with Crippen molar-refractivity contribution >= 4 is 11.8 Å². The maximum atomic E-state index is 12.6. The second kappa shape index (κ2) is 9.36. The summed E-state index contributed by atoms with van der Waals surface area (Å²) in [7, 11) is 0. The molecule has 0 aromatic heterocycles. The van der Waals surface area contributed by atoms with Crippen molar-refractivity contribution in [2.75, 3.05) is 26.2 Å². The summed E-state index contributed by atoms with van der Waals surface area (Å²) in [5.74, 6) is 0.337. The number of carbonyl (C=O) groups is 2. The quantitative estimate of drug-likeness (QED) is 0.817. The van der Waals surface area contributed by atoms with Gasteiger partial charge in [-0.25, -0.2) is 0 Å². The molecular formula is C23H28N2O2. The summed E-state index contributed by atoms with van der Waals surface area (Å²) in [6.07, 6.45) is 2.58. The summed E-state index contributed by atoms with van der Waals surface area (Å²) in [6, 6.07) is 18.2. The van der Waals surface area contributed by atoms with E-state index in [9.17, 15) is 9.59 Å². The Kier molecular flexibility index (Phi) is 6.64. The van der Waals surface area contributed by atoms with E-state index in [2.05, 4.69) is 12.1 Å². The Hall–Kier alpha value is -2.62. The number of rotatable bonds is 5. The fraction of sp³-hybridized carbons (Fsp3) is 0.391. The van der Waals surface area contributed by atoms with Crippen molar-refractivity contribution in [3.63, 3.8) is 0 Å². The van der Waals surface area contributed by atoms with Gasteiger partial charge in [-0.1, -0.05) is 60.2 Å². The Bertz CT molecular complexity index is 756. The van der Waals surface area contributed by atoms with Crippen LogP contribution in [0.3, 0.4) is 0 Å². The van der Waals surface area contributed by atoms with Crippen LogP contribution in [0.4, 0.5) is 0 Å². The molecule has 0 spiro atoms. The molecule has 4 heteroatoms. The molecule has 1 fully saturated rings. The topological polar surface area (TPSA) is 40.6 Å². The van der Waals surface area contributed by atoms with Gasteiger partial charge in [0.05, 0.1) is 6.42 Å². The zero-order valence-electron chi connectivity index (χ0n) is 16.1. The number of carbonyl (C=O) groups excluding carboxylic acids is 2. The van der Waals surface area contributed by atoms with Gasteiger partial charge in [-0.2, -0.15) is 0 Å². The largest absolute Gasteiger partial charge is 0.341 e. The van der Waals surface area contributed by atoms with Gasteiger partial charge in [0.25, 0.3) is 0 Å². The van der Waals surface area contributed by atoms with E-state index in [1.807, 2.05) is 59.2 Å². The number of aryl methyl sites for hydroxylation is 2. The van der Waals surface area contributed by atoms with E-state index in [4.69, 9.17) is 0 Å². The number of hydrogen-bond acceptors (Lipinski definition) is 2. The van der Waals surface area contributed by atoms with Gasteiger partial charge in [0.1, 0.15) is 0 Å². The Morgan fingerprint density at radius 1 is 0.778 bits per heavy atom. The van der Waals surface area contributed by atoms with Crippen LogP contribution in [0.2, 0.25) is 0 Å². The van der Waals surface area contributed by atoms with Crippen molar-refractivity contribution in [3.8, 4) is 0 Å². The van der Waals surface area contributed by atoms with Crippen molar-refractivity contribution in [2.45, 2.75) is 32.6 Å². The number of benzene rings is 2. The zero-order chi connectivity index (χ0) is 19.1. The third-order valence-corrected chi connectivity index (χ3v) is 5.15. The van der Waals surface area contributed by atoms with Gasteiger partial charge < -0.3 is 9.80 Å². The number of nitrogens with zero attached hydrogens (tertiary/aromatic N) is 2. The minimum absolute atomic E-state index is 0.150. The summed E-state index contributed by atoms with van der Waals surface area (Å²) in [6.45, 7) is 4.77. The molecule has 0 bridgehead atoms. The predicted molar refractivity (Wildman–Crippen MR) is 107 cm³/mol. The summed E-state index contributed by atoms with van der Waals surface area (Å²) < 4.78 is 0. The average Bonchev–Trinajstić information content (AvgIpc) is 2.95. The van der Waals surface area contributed by atoms with Gasteiger partial charge in [-0.3, -0.25) is 9.59 Å². The fourth-order valence-corrected chi connectivity index (χ4v) is 3.46. The lowest BCUT2D eigenvalue weighted by atomic mass is 10.1. The second-order valence-electron chi connectivity index (χ2n) is 7.26. The van der Waals surface area contributed by atoms with Crippen LogP contribution in [0.15, 0.2) is 54.6 Å². The average molecular weight is 364 g/mol. The summed E-state index contributed by atoms with van der Waals surface area (Å²) in [5, 5.41) is 0. The molecule has 0 radical (unpaired) electrons. The third-order valence-electron chi connectivity index (χ3n) is 5.15. The molecule has 1 heterocycles. The SMILES string of the molecule is Cc1ccc(CC(=O)N2CCCN(C(=O)CCc3ccccc3)CC2)cc1. The lowest BCUT2D eigenvalue weighted by Crippen LogP contribution is -2.38. The van der Waals surface area contributed by atoms with E-state index in [-0.39, 0.29) is 11.8 Å². The van der Waals surface area contributed by atoms with Crippen LogP contribution in [-0.2, 0) is 22.4 Å². The Balaban J connectivity index is 1.48. The Morgan fingerprint density at radius 2 is 1.41 bits per heavy atom. The molecule has 1 aliphatic rings. The van der Waals surface area contributed by atoms with Gasteiger partial charge >= 0.3 is 0 Å². The second-order valence-corrected chi connectivity index (χ2v) is 7.26. The monoisotopic (exact) mass is 364 g/mol. The molecule has 2 aromatic rings. The molecule has 2 aromatic carbocycles. The van der Waals surface area contributed by atoms with Crippen LogP contribution in [0, 0.1) is 6.92 Å². The number of amides is 2. The van der Waals surface area contributed by atoms with E-state index in [1.54, 1.807) is 0 Å². The van der Waals surface area contributed by atoms with Crippen LogP contribution in [0.5, 0.6) is 0 Å². The molecule has 2 amide bonds. The highest BCUT2D eigenvalue weighted by atomic mass is 16.2. The van der Waals surface area contributed by atoms with Crippen LogP contribution in [-0.4, -0.2) is 47.8 Å². The van der Waals surface area contributed by atoms with E-state index < -0.39 is 0 Å². The summed E-state index contributed by atoms with van der Waals surface area (Å²) in [5.41, 5.74) is 3.44. The molecule has 0 unspecified atom stereocenters. The molecule has 0 aliphatic carbocycles. The predicted octanol–water partition coefficient (Wildman–Crippen LogP) is 3.23. The molecule has 0 N–H and O–H groups in total. The fourth-order valence-electron chi connectivity index (χ4n) is 3.46. The highest BCUT2D eigenvalue weighted by molar-refractivity contribution is 5.79.